The third kappa shape index (κ3) is 3.27. The van der Waals surface area contributed by atoms with Crippen molar-refractivity contribution in [3.05, 3.63) is 73.6 Å². The van der Waals surface area contributed by atoms with Crippen LogP contribution in [0.15, 0.2) is 46.1 Å². The Labute approximate surface area is 152 Å². The van der Waals surface area contributed by atoms with Gasteiger partial charge in [0.25, 0.3) is 5.56 Å². The molecule has 132 valence electrons. The summed E-state index contributed by atoms with van der Waals surface area (Å²) in [6, 6.07) is 9.13. The highest BCUT2D eigenvalue weighted by atomic mass is 32.1. The summed E-state index contributed by atoms with van der Waals surface area (Å²) in [5.41, 5.74) is 0.195. The predicted molar refractivity (Wildman–Crippen MR) is 100 cm³/mol. The summed E-state index contributed by atoms with van der Waals surface area (Å²) in [6.45, 7) is 0. The van der Waals surface area contributed by atoms with Crippen LogP contribution in [0.3, 0.4) is 0 Å². The number of rotatable bonds is 4. The highest BCUT2D eigenvalue weighted by Gasteiger charge is 2.17. The van der Waals surface area contributed by atoms with Crippen molar-refractivity contribution in [3.63, 3.8) is 0 Å². The highest BCUT2D eigenvalue weighted by molar-refractivity contribution is 7.16. The van der Waals surface area contributed by atoms with Gasteiger partial charge in [0.2, 0.25) is 0 Å². The zero-order valence-electron chi connectivity index (χ0n) is 14.0. The van der Waals surface area contributed by atoms with Crippen molar-refractivity contribution in [3.8, 4) is 10.4 Å². The molecule has 0 aliphatic carbocycles. The van der Waals surface area contributed by atoms with Gasteiger partial charge in [-0.25, -0.2) is 14.6 Å². The molecular formula is C18H15N3O4S. The Morgan fingerprint density at radius 2 is 1.85 bits per heavy atom. The second-order valence-corrected chi connectivity index (χ2v) is 6.61. The smallest absolute Gasteiger partial charge is 0.356 e. The number of carboxylic acids is 1. The molecular weight excluding hydrogens is 354 g/mol. The van der Waals surface area contributed by atoms with Crippen molar-refractivity contribution in [2.45, 2.75) is 0 Å². The van der Waals surface area contributed by atoms with Crippen molar-refractivity contribution < 1.29 is 9.90 Å². The number of carbonyl (C=O) groups is 1. The second-order valence-electron chi connectivity index (χ2n) is 5.58. The second kappa shape index (κ2) is 6.93. The minimum Gasteiger partial charge on any atom is -0.476 e. The van der Waals surface area contributed by atoms with Crippen molar-refractivity contribution in [1.29, 1.82) is 0 Å². The Bertz CT molecular complexity index is 1120. The lowest BCUT2D eigenvalue weighted by atomic mass is 10.1. The number of aromatic nitrogens is 3. The van der Waals surface area contributed by atoms with Crippen molar-refractivity contribution >= 4 is 29.5 Å². The van der Waals surface area contributed by atoms with Gasteiger partial charge in [-0.1, -0.05) is 30.3 Å². The molecule has 0 bridgehead atoms. The van der Waals surface area contributed by atoms with Crippen molar-refractivity contribution in [1.82, 2.24) is 14.1 Å². The average molecular weight is 369 g/mol. The molecule has 0 amide bonds. The van der Waals surface area contributed by atoms with Crippen LogP contribution in [-0.2, 0) is 14.1 Å². The van der Waals surface area contributed by atoms with Crippen molar-refractivity contribution in [2.75, 3.05) is 0 Å². The highest BCUT2D eigenvalue weighted by Crippen LogP contribution is 2.31. The summed E-state index contributed by atoms with van der Waals surface area (Å²) in [7, 11) is 2.96. The van der Waals surface area contributed by atoms with E-state index >= 15 is 0 Å². The lowest BCUT2D eigenvalue weighted by Crippen LogP contribution is -2.37. The van der Waals surface area contributed by atoms with Crippen molar-refractivity contribution in [2.24, 2.45) is 14.1 Å². The fourth-order valence-corrected chi connectivity index (χ4v) is 3.42. The van der Waals surface area contributed by atoms with E-state index in [1.807, 2.05) is 30.3 Å². The Morgan fingerprint density at radius 1 is 1.15 bits per heavy atom. The Morgan fingerprint density at radius 3 is 2.50 bits per heavy atom. The van der Waals surface area contributed by atoms with Crippen LogP contribution >= 0.6 is 11.3 Å². The van der Waals surface area contributed by atoms with Gasteiger partial charge < -0.3 is 9.67 Å². The molecule has 2 heterocycles. The third-order valence-electron chi connectivity index (χ3n) is 3.76. The first kappa shape index (κ1) is 17.6. The van der Waals surface area contributed by atoms with Gasteiger partial charge in [-0.15, -0.1) is 11.3 Å². The summed E-state index contributed by atoms with van der Waals surface area (Å²) < 4.78 is 2.32. The third-order valence-corrected chi connectivity index (χ3v) is 4.83. The first-order valence-corrected chi connectivity index (χ1v) is 8.44. The van der Waals surface area contributed by atoms with Gasteiger partial charge in [0.1, 0.15) is 5.01 Å². The molecule has 0 spiro atoms. The molecule has 0 aliphatic rings. The molecule has 0 unspecified atom stereocenters. The van der Waals surface area contributed by atoms with Crippen LogP contribution in [0.2, 0.25) is 0 Å². The molecule has 1 aromatic carbocycles. The SMILES string of the molecule is Cn1cc(C=Cc2nc(C(=O)O)c(-c3ccccc3)s2)c(=O)n(C)c1=O. The number of hydrogen-bond donors (Lipinski definition) is 1. The van der Waals surface area contributed by atoms with E-state index < -0.39 is 17.2 Å². The molecule has 7 nitrogen and oxygen atoms in total. The summed E-state index contributed by atoms with van der Waals surface area (Å²) >= 11 is 1.22. The van der Waals surface area contributed by atoms with Crippen LogP contribution in [0.5, 0.6) is 0 Å². The standard InChI is InChI=1S/C18H15N3O4S/c1-20-10-12(16(22)21(2)18(20)25)8-9-13-19-14(17(23)24)15(26-13)11-6-4-3-5-7-11/h3-10H,1-2H3,(H,23,24). The van der Waals surface area contributed by atoms with Gasteiger partial charge in [0.15, 0.2) is 5.69 Å². The quantitative estimate of drug-likeness (QED) is 0.760. The van der Waals surface area contributed by atoms with E-state index in [4.69, 9.17) is 0 Å². The maximum absolute atomic E-state index is 12.2. The molecule has 3 rings (SSSR count). The van der Waals surface area contributed by atoms with E-state index in [2.05, 4.69) is 4.98 Å². The first-order valence-electron chi connectivity index (χ1n) is 7.62. The molecule has 0 radical (unpaired) electrons. The molecule has 2 aromatic heterocycles. The zero-order valence-corrected chi connectivity index (χ0v) is 14.9. The van der Waals surface area contributed by atoms with Crippen LogP contribution < -0.4 is 11.2 Å². The van der Waals surface area contributed by atoms with E-state index in [1.54, 1.807) is 13.1 Å². The van der Waals surface area contributed by atoms with E-state index in [9.17, 15) is 19.5 Å². The fourth-order valence-electron chi connectivity index (χ4n) is 2.45. The largest absolute Gasteiger partial charge is 0.476 e. The Kier molecular flexibility index (Phi) is 4.68. The zero-order chi connectivity index (χ0) is 18.8. The summed E-state index contributed by atoms with van der Waals surface area (Å²) in [6.07, 6.45) is 4.54. The van der Waals surface area contributed by atoms with Gasteiger partial charge in [-0.2, -0.15) is 0 Å². The minimum absolute atomic E-state index is 0.0331. The number of carboxylic acid groups (broad SMARTS) is 1. The van der Waals surface area contributed by atoms with Crippen LogP contribution in [0.4, 0.5) is 0 Å². The molecule has 3 aromatic rings. The van der Waals surface area contributed by atoms with Crippen LogP contribution in [-0.4, -0.2) is 25.2 Å². The van der Waals surface area contributed by atoms with Gasteiger partial charge in [0.05, 0.1) is 10.4 Å². The van der Waals surface area contributed by atoms with E-state index in [0.717, 1.165) is 10.1 Å². The maximum atomic E-state index is 12.2. The topological polar surface area (TPSA) is 94.2 Å². The number of benzene rings is 1. The normalized spacial score (nSPS) is 11.2. The first-order chi connectivity index (χ1) is 12.4. The van der Waals surface area contributed by atoms with Crippen LogP contribution in [0.1, 0.15) is 21.1 Å². The van der Waals surface area contributed by atoms with E-state index in [-0.39, 0.29) is 5.69 Å². The van der Waals surface area contributed by atoms with Gasteiger partial charge >= 0.3 is 11.7 Å². The van der Waals surface area contributed by atoms with E-state index in [1.165, 1.54) is 35.2 Å². The van der Waals surface area contributed by atoms with Gasteiger partial charge in [-0.05, 0) is 17.7 Å². The lowest BCUT2D eigenvalue weighted by molar-refractivity contribution is 0.0692. The molecule has 8 heteroatoms. The summed E-state index contributed by atoms with van der Waals surface area (Å²) in [5.74, 6) is -1.11. The summed E-state index contributed by atoms with van der Waals surface area (Å²) in [5, 5.41) is 9.86. The minimum atomic E-state index is -1.11. The molecule has 26 heavy (non-hydrogen) atoms. The number of thiazole rings is 1. The molecule has 1 N–H and O–H groups in total. The molecule has 0 saturated carbocycles. The molecule has 0 saturated heterocycles. The number of nitrogens with zero attached hydrogens (tertiary/aromatic N) is 3. The lowest BCUT2D eigenvalue weighted by Gasteiger charge is -2.02. The number of aryl methyl sites for hydroxylation is 1. The predicted octanol–water partition coefficient (Wildman–Crippen LogP) is 2.08. The fraction of sp³-hybridized carbons (Fsp3) is 0.111. The molecule has 0 aliphatic heterocycles. The van der Waals surface area contributed by atoms with E-state index in [0.29, 0.717) is 15.4 Å². The maximum Gasteiger partial charge on any atom is 0.356 e. The average Bonchev–Trinajstić information content (AvgIpc) is 3.07. The van der Waals surface area contributed by atoms with Crippen LogP contribution in [0.25, 0.3) is 22.6 Å². The Balaban J connectivity index is 2.04. The number of hydrogen-bond acceptors (Lipinski definition) is 5. The van der Waals surface area contributed by atoms with Gasteiger partial charge in [-0.3, -0.25) is 9.36 Å². The monoisotopic (exact) mass is 369 g/mol. The molecule has 0 atom stereocenters. The van der Waals surface area contributed by atoms with Gasteiger partial charge in [0, 0.05) is 20.3 Å². The summed E-state index contributed by atoms with van der Waals surface area (Å²) in [4.78, 5) is 40.1. The number of aromatic carboxylic acids is 1. The Hall–Kier alpha value is -3.26. The van der Waals surface area contributed by atoms with Crippen LogP contribution in [0, 0.1) is 0 Å². The molecule has 0 fully saturated rings.